The Bertz CT molecular complexity index is 1950. The number of carbonyl (C=O) groups is 3. The van der Waals surface area contributed by atoms with Crippen LogP contribution in [0.15, 0.2) is 36.4 Å². The van der Waals surface area contributed by atoms with Gasteiger partial charge in [-0.05, 0) is 167 Å². The zero-order chi connectivity index (χ0) is 51.2. The Kier molecular flexibility index (Phi) is 28.6. The Labute approximate surface area is 417 Å². The summed E-state index contributed by atoms with van der Waals surface area (Å²) in [5.41, 5.74) is 4.12. The smallest absolute Gasteiger partial charge is 0.311 e. The van der Waals surface area contributed by atoms with Crippen molar-refractivity contribution in [1.82, 2.24) is 0 Å². The van der Waals surface area contributed by atoms with E-state index < -0.39 is 22.2 Å². The van der Waals surface area contributed by atoms with E-state index in [-0.39, 0.29) is 17.7 Å². The highest BCUT2D eigenvalue weighted by atomic mass is 35.5. The molecule has 0 saturated heterocycles. The number of halogens is 4. The zero-order valence-electron chi connectivity index (χ0n) is 42.7. The molecule has 66 heavy (non-hydrogen) atoms. The van der Waals surface area contributed by atoms with E-state index in [0.717, 1.165) is 58.4 Å². The monoisotopic (exact) mass is 1000 g/mol. The Morgan fingerprint density at radius 2 is 0.848 bits per heavy atom. The van der Waals surface area contributed by atoms with Crippen molar-refractivity contribution in [3.8, 4) is 17.2 Å². The van der Waals surface area contributed by atoms with E-state index in [0.29, 0.717) is 84.2 Å². The van der Waals surface area contributed by atoms with E-state index in [9.17, 15) is 19.5 Å². The average molecular weight is 1000 g/mol. The van der Waals surface area contributed by atoms with Gasteiger partial charge in [0.25, 0.3) is 0 Å². The number of phenols is 1. The number of aliphatic carboxylic acids is 1. The van der Waals surface area contributed by atoms with Crippen LogP contribution in [0.3, 0.4) is 0 Å². The number of alkyl halides is 1. The van der Waals surface area contributed by atoms with Crippen LogP contribution in [0, 0.1) is 69.6 Å². The second kappa shape index (κ2) is 30.2. The third-order valence-electron chi connectivity index (χ3n) is 10.6. The van der Waals surface area contributed by atoms with Crippen molar-refractivity contribution in [2.24, 2.45) is 28.1 Å². The van der Waals surface area contributed by atoms with Crippen molar-refractivity contribution in [2.75, 3.05) is 32.3 Å². The first kappa shape index (κ1) is 62.6. The van der Waals surface area contributed by atoms with Gasteiger partial charge in [0.2, 0.25) is 0 Å². The van der Waals surface area contributed by atoms with Gasteiger partial charge in [-0.2, -0.15) is 0 Å². The molecule has 0 bridgehead atoms. The zero-order valence-corrected chi connectivity index (χ0v) is 45.7. The topological polar surface area (TPSA) is 129 Å². The number of phenolic OH excluding ortho intramolecular Hbond substituents is 1. The van der Waals surface area contributed by atoms with E-state index in [1.807, 2.05) is 133 Å². The Morgan fingerprint density at radius 3 is 1.18 bits per heavy atom. The normalized spacial score (nSPS) is 11.4. The molecule has 0 aliphatic rings. The first-order chi connectivity index (χ1) is 30.4. The molecular formula is C53H80Cl4O9. The number of benzene rings is 3. The van der Waals surface area contributed by atoms with E-state index in [1.54, 1.807) is 13.8 Å². The minimum absolute atomic E-state index is 0.115. The third kappa shape index (κ3) is 23.1. The largest absolute Gasteiger partial charge is 0.506 e. The molecule has 2 N–H and O–H groups in total. The van der Waals surface area contributed by atoms with Crippen LogP contribution in [0.25, 0.3) is 0 Å². The summed E-state index contributed by atoms with van der Waals surface area (Å²) in [6.45, 7) is 32.7. The second-order valence-corrected chi connectivity index (χ2v) is 21.2. The SMILES string of the molecule is CC(C)COC(=O)C(C)(C)CCCCl.Cc1ccc(C)c(Cl)c1O.Cc1ccc(C)c(OCCCC(C)(C)C(=O)O)c1Cl.Cc1ccc(C)c(OCCCC(C)(C)C(=O)OCC(C)C)c1Cl. The molecule has 0 unspecified atom stereocenters. The summed E-state index contributed by atoms with van der Waals surface area (Å²) in [6.07, 6.45) is 4.38. The van der Waals surface area contributed by atoms with E-state index in [4.69, 9.17) is 70.5 Å². The molecule has 0 spiro atoms. The molecule has 13 heteroatoms. The lowest BCUT2D eigenvalue weighted by Gasteiger charge is -2.23. The van der Waals surface area contributed by atoms with Gasteiger partial charge in [-0.25, -0.2) is 0 Å². The molecule has 0 radical (unpaired) electrons. The Morgan fingerprint density at radius 1 is 0.530 bits per heavy atom. The van der Waals surface area contributed by atoms with Crippen molar-refractivity contribution in [3.63, 3.8) is 0 Å². The van der Waals surface area contributed by atoms with Crippen LogP contribution in [0.4, 0.5) is 0 Å². The summed E-state index contributed by atoms with van der Waals surface area (Å²) in [5, 5.41) is 20.0. The number of hydrogen-bond donors (Lipinski definition) is 2. The quantitative estimate of drug-likeness (QED) is 0.0646. The highest BCUT2D eigenvalue weighted by Crippen LogP contribution is 2.34. The number of hydrogen-bond acceptors (Lipinski definition) is 8. The summed E-state index contributed by atoms with van der Waals surface area (Å²) in [5.74, 6) is 1.95. The molecule has 3 aromatic carbocycles. The lowest BCUT2D eigenvalue weighted by atomic mass is 9.88. The molecule has 0 aliphatic heterocycles. The molecule has 0 saturated carbocycles. The maximum atomic E-state index is 12.1. The Hall–Kier alpha value is -3.37. The van der Waals surface area contributed by atoms with Gasteiger partial charge in [0.15, 0.2) is 0 Å². The Balaban J connectivity index is 0.000000889. The first-order valence-corrected chi connectivity index (χ1v) is 24.5. The van der Waals surface area contributed by atoms with E-state index >= 15 is 0 Å². The minimum atomic E-state index is -0.780. The van der Waals surface area contributed by atoms with Gasteiger partial charge in [0.05, 0.1) is 57.7 Å². The molecule has 3 rings (SSSR count). The number of carboxylic acid groups (broad SMARTS) is 1. The lowest BCUT2D eigenvalue weighted by molar-refractivity contribution is -0.156. The van der Waals surface area contributed by atoms with Crippen LogP contribution in [0.5, 0.6) is 17.2 Å². The molecule has 0 atom stereocenters. The number of rotatable bonds is 20. The molecule has 3 aromatic rings. The first-order valence-electron chi connectivity index (χ1n) is 22.8. The summed E-state index contributed by atoms with van der Waals surface area (Å²) < 4.78 is 22.1. The highest BCUT2D eigenvalue weighted by molar-refractivity contribution is 6.33. The number of aryl methyl sites for hydroxylation is 6. The molecule has 0 fully saturated rings. The van der Waals surface area contributed by atoms with Gasteiger partial charge >= 0.3 is 17.9 Å². The number of aromatic hydroxyl groups is 1. The maximum Gasteiger partial charge on any atom is 0.311 e. The molecule has 0 aromatic heterocycles. The standard InChI is InChI=1S/C19H29ClO3.C15H21ClO3.C11H21ClO2.C8H9ClO/c1-13(2)12-23-18(21)19(5,6)10-7-11-22-17-15(4)9-8-14(3)16(17)20;1-10-6-7-11(2)13(12(10)16)19-9-5-8-15(3,4)14(17)18;1-9(2)8-14-10(13)11(3,4)6-5-7-12;1-5-3-4-6(2)8(10)7(5)9/h8-9,13H,7,10-12H2,1-6H3;6-7H,5,8-9H2,1-4H3,(H,17,18);9H,5-8H2,1-4H3;3-4,10H,1-2H3. The minimum Gasteiger partial charge on any atom is -0.506 e. The van der Waals surface area contributed by atoms with Crippen molar-refractivity contribution in [2.45, 2.75) is 149 Å². The molecule has 374 valence electrons. The van der Waals surface area contributed by atoms with Crippen LogP contribution < -0.4 is 9.47 Å². The number of esters is 2. The van der Waals surface area contributed by atoms with Gasteiger partial charge in [0.1, 0.15) is 17.2 Å². The van der Waals surface area contributed by atoms with Gasteiger partial charge < -0.3 is 29.2 Å². The van der Waals surface area contributed by atoms with Crippen molar-refractivity contribution < 1.29 is 43.5 Å². The van der Waals surface area contributed by atoms with Crippen molar-refractivity contribution in [3.05, 3.63) is 84.8 Å². The predicted octanol–water partition coefficient (Wildman–Crippen LogP) is 15.5. The van der Waals surface area contributed by atoms with E-state index in [1.165, 1.54) is 0 Å². The van der Waals surface area contributed by atoms with Crippen LogP contribution in [-0.4, -0.2) is 60.4 Å². The third-order valence-corrected chi connectivity index (χ3v) is 12.3. The van der Waals surface area contributed by atoms with Crippen LogP contribution in [0.1, 0.15) is 141 Å². The summed E-state index contributed by atoms with van der Waals surface area (Å²) in [6, 6.07) is 11.6. The van der Waals surface area contributed by atoms with Gasteiger partial charge in [-0.3, -0.25) is 14.4 Å². The molecule has 9 nitrogen and oxygen atoms in total. The fraction of sp³-hybridized carbons (Fsp3) is 0.604. The summed E-state index contributed by atoms with van der Waals surface area (Å²) >= 11 is 23.8. The molecule has 0 heterocycles. The second-order valence-electron chi connectivity index (χ2n) is 19.7. The van der Waals surface area contributed by atoms with Gasteiger partial charge in [0, 0.05) is 5.88 Å². The summed E-state index contributed by atoms with van der Waals surface area (Å²) in [4.78, 5) is 34.7. The van der Waals surface area contributed by atoms with Gasteiger partial charge in [-0.1, -0.05) is 98.9 Å². The van der Waals surface area contributed by atoms with Crippen molar-refractivity contribution >= 4 is 64.3 Å². The number of carbonyl (C=O) groups excluding carboxylic acids is 2. The van der Waals surface area contributed by atoms with Gasteiger partial charge in [-0.15, -0.1) is 11.6 Å². The highest BCUT2D eigenvalue weighted by Gasteiger charge is 2.30. The lowest BCUT2D eigenvalue weighted by Crippen LogP contribution is -2.28. The van der Waals surface area contributed by atoms with Crippen LogP contribution >= 0.6 is 46.4 Å². The fourth-order valence-corrected chi connectivity index (χ4v) is 6.57. The molecular weight excluding hydrogens is 922 g/mol. The summed E-state index contributed by atoms with van der Waals surface area (Å²) in [7, 11) is 0. The molecule has 0 aliphatic carbocycles. The molecule has 0 amide bonds. The van der Waals surface area contributed by atoms with Crippen molar-refractivity contribution in [1.29, 1.82) is 0 Å². The van der Waals surface area contributed by atoms with Crippen LogP contribution in [0.2, 0.25) is 15.1 Å². The van der Waals surface area contributed by atoms with E-state index in [2.05, 4.69) is 0 Å². The maximum absolute atomic E-state index is 12.1. The number of ether oxygens (including phenoxy) is 4. The average Bonchev–Trinajstić information content (AvgIpc) is 3.24. The number of carboxylic acids is 1. The predicted molar refractivity (Wildman–Crippen MR) is 274 cm³/mol. The fourth-order valence-electron chi connectivity index (χ4n) is 5.69. The van der Waals surface area contributed by atoms with Crippen LogP contribution in [-0.2, 0) is 23.9 Å².